The molecular weight excluding hydrogens is 242 g/mol. The van der Waals surface area contributed by atoms with Gasteiger partial charge in [-0.15, -0.1) is 0 Å². The highest BCUT2D eigenvalue weighted by Crippen LogP contribution is 2.19. The SMILES string of the molecule is C=CC[NH2+]CCOCCOc1cccc(OCC)c1. The maximum atomic E-state index is 5.59. The molecule has 0 aliphatic rings. The molecule has 0 radical (unpaired) electrons. The van der Waals surface area contributed by atoms with Crippen molar-refractivity contribution >= 4 is 0 Å². The second-order valence-corrected chi connectivity index (χ2v) is 3.97. The van der Waals surface area contributed by atoms with Gasteiger partial charge in [0.25, 0.3) is 0 Å². The molecule has 1 aromatic carbocycles. The van der Waals surface area contributed by atoms with Gasteiger partial charge in [-0.25, -0.2) is 0 Å². The monoisotopic (exact) mass is 266 g/mol. The van der Waals surface area contributed by atoms with Crippen LogP contribution in [-0.2, 0) is 4.74 Å². The summed E-state index contributed by atoms with van der Waals surface area (Å²) in [6, 6.07) is 7.65. The Morgan fingerprint density at radius 2 is 1.95 bits per heavy atom. The van der Waals surface area contributed by atoms with Crippen molar-refractivity contribution in [1.29, 1.82) is 0 Å². The number of ether oxygens (including phenoxy) is 3. The predicted octanol–water partition coefficient (Wildman–Crippen LogP) is 1.23. The van der Waals surface area contributed by atoms with E-state index in [0.29, 0.717) is 19.8 Å². The first kappa shape index (κ1) is 15.5. The van der Waals surface area contributed by atoms with Crippen molar-refractivity contribution in [2.75, 3.05) is 39.5 Å². The molecule has 19 heavy (non-hydrogen) atoms. The normalized spacial score (nSPS) is 10.2. The van der Waals surface area contributed by atoms with Crippen molar-refractivity contribution in [3.05, 3.63) is 36.9 Å². The van der Waals surface area contributed by atoms with Gasteiger partial charge in [0, 0.05) is 6.07 Å². The highest BCUT2D eigenvalue weighted by Gasteiger charge is 1.97. The Morgan fingerprint density at radius 3 is 2.68 bits per heavy atom. The minimum Gasteiger partial charge on any atom is -0.494 e. The minimum atomic E-state index is 0.553. The van der Waals surface area contributed by atoms with Gasteiger partial charge >= 0.3 is 0 Å². The lowest BCUT2D eigenvalue weighted by molar-refractivity contribution is -0.647. The Labute approximate surface area is 115 Å². The number of hydrogen-bond acceptors (Lipinski definition) is 3. The summed E-state index contributed by atoms with van der Waals surface area (Å²) in [4.78, 5) is 0. The van der Waals surface area contributed by atoms with Gasteiger partial charge in [0.05, 0.1) is 32.9 Å². The van der Waals surface area contributed by atoms with E-state index in [4.69, 9.17) is 14.2 Å². The van der Waals surface area contributed by atoms with Gasteiger partial charge in [0.1, 0.15) is 18.1 Å². The number of benzene rings is 1. The van der Waals surface area contributed by atoms with Gasteiger partial charge in [-0.05, 0) is 25.1 Å². The topological polar surface area (TPSA) is 44.3 Å². The van der Waals surface area contributed by atoms with E-state index in [9.17, 15) is 0 Å². The summed E-state index contributed by atoms with van der Waals surface area (Å²) in [6.07, 6.45) is 1.88. The van der Waals surface area contributed by atoms with Gasteiger partial charge in [-0.2, -0.15) is 0 Å². The Hall–Kier alpha value is -1.52. The fraction of sp³-hybridized carbons (Fsp3) is 0.467. The average molecular weight is 266 g/mol. The van der Waals surface area contributed by atoms with E-state index in [2.05, 4.69) is 11.9 Å². The molecule has 0 aliphatic heterocycles. The number of quaternary nitrogens is 1. The minimum absolute atomic E-state index is 0.553. The van der Waals surface area contributed by atoms with Crippen LogP contribution in [0.25, 0.3) is 0 Å². The lowest BCUT2D eigenvalue weighted by Crippen LogP contribution is -2.84. The first-order valence-corrected chi connectivity index (χ1v) is 6.72. The third-order valence-electron chi connectivity index (χ3n) is 2.41. The lowest BCUT2D eigenvalue weighted by Gasteiger charge is -2.08. The van der Waals surface area contributed by atoms with Gasteiger partial charge < -0.3 is 19.5 Å². The summed E-state index contributed by atoms with van der Waals surface area (Å²) in [5, 5.41) is 2.15. The Kier molecular flexibility index (Phi) is 8.51. The third kappa shape index (κ3) is 7.49. The summed E-state index contributed by atoms with van der Waals surface area (Å²) in [7, 11) is 0. The highest BCUT2D eigenvalue weighted by atomic mass is 16.5. The van der Waals surface area contributed by atoms with Crippen molar-refractivity contribution in [2.24, 2.45) is 0 Å². The Balaban J connectivity index is 2.08. The molecule has 4 nitrogen and oxygen atoms in total. The molecule has 0 heterocycles. The van der Waals surface area contributed by atoms with Crippen LogP contribution in [0.1, 0.15) is 6.92 Å². The van der Waals surface area contributed by atoms with E-state index in [-0.39, 0.29) is 0 Å². The predicted molar refractivity (Wildman–Crippen MR) is 75.8 cm³/mol. The molecule has 0 atom stereocenters. The molecule has 0 saturated carbocycles. The summed E-state index contributed by atoms with van der Waals surface area (Å²) in [6.45, 7) is 10.1. The Morgan fingerprint density at radius 1 is 1.16 bits per heavy atom. The van der Waals surface area contributed by atoms with E-state index in [1.54, 1.807) is 0 Å². The van der Waals surface area contributed by atoms with Crippen LogP contribution in [0.5, 0.6) is 11.5 Å². The smallest absolute Gasteiger partial charge is 0.123 e. The first-order chi connectivity index (χ1) is 9.36. The lowest BCUT2D eigenvalue weighted by atomic mass is 10.3. The fourth-order valence-corrected chi connectivity index (χ4v) is 1.54. The quantitative estimate of drug-likeness (QED) is 0.484. The molecular formula is C15H24NO3+. The standard InChI is InChI=1S/C15H23NO3/c1-3-8-16-9-10-17-11-12-19-15-7-5-6-14(13-15)18-4-2/h3,5-7,13,16H,1,4,8-12H2,2H3/p+1. The van der Waals surface area contributed by atoms with E-state index >= 15 is 0 Å². The van der Waals surface area contributed by atoms with Gasteiger partial charge in [-0.3, -0.25) is 0 Å². The van der Waals surface area contributed by atoms with Crippen LogP contribution in [0.2, 0.25) is 0 Å². The summed E-state index contributed by atoms with van der Waals surface area (Å²) < 4.78 is 16.5. The molecule has 0 aromatic heterocycles. The van der Waals surface area contributed by atoms with E-state index in [1.165, 1.54) is 0 Å². The van der Waals surface area contributed by atoms with Crippen molar-refractivity contribution in [3.63, 3.8) is 0 Å². The Bertz CT molecular complexity index is 355. The molecule has 0 fully saturated rings. The molecule has 0 aliphatic carbocycles. The van der Waals surface area contributed by atoms with Crippen molar-refractivity contribution < 1.29 is 19.5 Å². The number of hydrogen-bond donors (Lipinski definition) is 1. The van der Waals surface area contributed by atoms with Crippen LogP contribution in [0.3, 0.4) is 0 Å². The van der Waals surface area contributed by atoms with Gasteiger partial charge in [0.15, 0.2) is 0 Å². The molecule has 2 N–H and O–H groups in total. The summed E-state index contributed by atoms with van der Waals surface area (Å²) in [5.41, 5.74) is 0. The molecule has 0 unspecified atom stereocenters. The maximum Gasteiger partial charge on any atom is 0.123 e. The van der Waals surface area contributed by atoms with Gasteiger partial charge in [0.2, 0.25) is 0 Å². The third-order valence-corrected chi connectivity index (χ3v) is 2.41. The zero-order chi connectivity index (χ0) is 13.8. The molecule has 1 rings (SSSR count). The van der Waals surface area contributed by atoms with Crippen molar-refractivity contribution in [2.45, 2.75) is 6.92 Å². The molecule has 0 spiro atoms. The average Bonchev–Trinajstić information content (AvgIpc) is 2.43. The fourth-order valence-electron chi connectivity index (χ4n) is 1.54. The van der Waals surface area contributed by atoms with E-state index < -0.39 is 0 Å². The van der Waals surface area contributed by atoms with Crippen LogP contribution >= 0.6 is 0 Å². The first-order valence-electron chi connectivity index (χ1n) is 6.72. The largest absolute Gasteiger partial charge is 0.494 e. The zero-order valence-corrected chi connectivity index (χ0v) is 11.6. The second-order valence-electron chi connectivity index (χ2n) is 3.97. The maximum absolute atomic E-state index is 5.59. The van der Waals surface area contributed by atoms with Crippen LogP contribution in [-0.4, -0.2) is 39.5 Å². The van der Waals surface area contributed by atoms with Crippen LogP contribution in [0.15, 0.2) is 36.9 Å². The van der Waals surface area contributed by atoms with Crippen LogP contribution < -0.4 is 14.8 Å². The number of rotatable bonds is 11. The molecule has 0 saturated heterocycles. The van der Waals surface area contributed by atoms with Crippen molar-refractivity contribution in [3.8, 4) is 11.5 Å². The molecule has 106 valence electrons. The highest BCUT2D eigenvalue weighted by molar-refractivity contribution is 5.32. The molecule has 4 heteroatoms. The molecule has 0 bridgehead atoms. The zero-order valence-electron chi connectivity index (χ0n) is 11.6. The van der Waals surface area contributed by atoms with Gasteiger partial charge in [-0.1, -0.05) is 12.6 Å². The molecule has 0 amide bonds. The van der Waals surface area contributed by atoms with E-state index in [0.717, 1.165) is 31.2 Å². The van der Waals surface area contributed by atoms with E-state index in [1.807, 2.05) is 37.3 Å². The van der Waals surface area contributed by atoms with Crippen LogP contribution in [0, 0.1) is 0 Å². The van der Waals surface area contributed by atoms with Crippen LogP contribution in [0.4, 0.5) is 0 Å². The molecule has 1 aromatic rings. The number of nitrogens with two attached hydrogens (primary N) is 1. The van der Waals surface area contributed by atoms with Crippen molar-refractivity contribution in [1.82, 2.24) is 0 Å². The second kappa shape index (κ2) is 10.4. The summed E-state index contributed by atoms with van der Waals surface area (Å²) >= 11 is 0. The summed E-state index contributed by atoms with van der Waals surface area (Å²) in [5.74, 6) is 1.65.